The molecule has 8 rings (SSSR count). The highest BCUT2D eigenvalue weighted by Crippen LogP contribution is 2.62. The Hall–Kier alpha value is -5.37. The number of anilines is 1. The van der Waals surface area contributed by atoms with Crippen LogP contribution < -0.4 is 19.5 Å². The van der Waals surface area contributed by atoms with E-state index in [0.29, 0.717) is 39.6 Å². The summed E-state index contributed by atoms with van der Waals surface area (Å²) in [7, 11) is 1.54. The predicted molar refractivity (Wildman–Crippen MR) is 158 cm³/mol. The topological polar surface area (TPSA) is 94.2 Å². The third-order valence-electron chi connectivity index (χ3n) is 9.13. The van der Waals surface area contributed by atoms with E-state index in [1.807, 2.05) is 65.7 Å². The van der Waals surface area contributed by atoms with Crippen molar-refractivity contribution in [2.24, 2.45) is 5.92 Å². The first-order valence-electron chi connectivity index (χ1n) is 14.1. The largest absolute Gasteiger partial charge is 0.497 e. The Balaban J connectivity index is 1.40. The summed E-state index contributed by atoms with van der Waals surface area (Å²) in [6, 6.07) is 25.6. The first-order chi connectivity index (χ1) is 21.0. The van der Waals surface area contributed by atoms with Crippen molar-refractivity contribution in [1.29, 1.82) is 0 Å². The van der Waals surface area contributed by atoms with Gasteiger partial charge in [0.05, 0.1) is 19.1 Å². The van der Waals surface area contributed by atoms with Gasteiger partial charge in [-0.3, -0.25) is 14.4 Å². The second-order valence-electron chi connectivity index (χ2n) is 11.1. The average molecular weight is 571 g/mol. The van der Waals surface area contributed by atoms with Gasteiger partial charge in [-0.05, 0) is 59.2 Å². The Morgan fingerprint density at radius 2 is 1.67 bits per heavy atom. The number of benzene rings is 4. The van der Waals surface area contributed by atoms with E-state index in [-0.39, 0.29) is 24.3 Å². The van der Waals surface area contributed by atoms with Gasteiger partial charge in [-0.25, -0.2) is 0 Å². The van der Waals surface area contributed by atoms with Crippen LogP contribution in [0.5, 0.6) is 17.2 Å². The zero-order valence-corrected chi connectivity index (χ0v) is 23.2. The van der Waals surface area contributed by atoms with Gasteiger partial charge in [-0.1, -0.05) is 54.6 Å². The Morgan fingerprint density at radius 3 is 2.56 bits per heavy atom. The molecule has 1 spiro atoms. The number of para-hydroxylation sites is 1. The molecular formula is C35H26N2O6. The highest BCUT2D eigenvalue weighted by Gasteiger charge is 2.70. The third kappa shape index (κ3) is 3.46. The number of ether oxygens (including phenoxy) is 3. The molecule has 4 aliphatic heterocycles. The number of fused-ring (bicyclic) bond motifs is 7. The van der Waals surface area contributed by atoms with Gasteiger partial charge in [0, 0.05) is 23.0 Å². The summed E-state index contributed by atoms with van der Waals surface area (Å²) in [6.07, 6.45) is 3.80. The lowest BCUT2D eigenvalue weighted by Crippen LogP contribution is -2.49. The van der Waals surface area contributed by atoms with Gasteiger partial charge in [-0.2, -0.15) is 0 Å². The van der Waals surface area contributed by atoms with Crippen LogP contribution in [0.25, 0.3) is 6.08 Å². The van der Waals surface area contributed by atoms with Gasteiger partial charge in [0.2, 0.25) is 12.7 Å². The number of nitrogens with one attached hydrogen (secondary N) is 1. The van der Waals surface area contributed by atoms with Gasteiger partial charge in [-0.15, -0.1) is 0 Å². The number of rotatable bonds is 5. The van der Waals surface area contributed by atoms with Crippen LogP contribution in [0, 0.1) is 5.92 Å². The average Bonchev–Trinajstić information content (AvgIpc) is 3.73. The van der Waals surface area contributed by atoms with Crippen LogP contribution in [0.1, 0.15) is 43.4 Å². The fourth-order valence-corrected chi connectivity index (χ4v) is 7.34. The lowest BCUT2D eigenvalue weighted by molar-refractivity contribution is -0.122. The lowest BCUT2D eigenvalue weighted by atomic mass is 9.62. The molecule has 4 atom stereocenters. The molecule has 43 heavy (non-hydrogen) atoms. The van der Waals surface area contributed by atoms with E-state index >= 15 is 0 Å². The molecule has 4 aliphatic rings. The van der Waals surface area contributed by atoms with Crippen molar-refractivity contribution >= 4 is 29.2 Å². The number of carbonyl (C=O) groups excluding carboxylic acids is 3. The Bertz CT molecular complexity index is 1880. The molecule has 0 unspecified atom stereocenters. The number of hydrogen-bond acceptors (Lipinski definition) is 7. The van der Waals surface area contributed by atoms with Crippen molar-refractivity contribution in [3.05, 3.63) is 125 Å². The molecule has 8 nitrogen and oxygen atoms in total. The maximum Gasteiger partial charge on any atom is 0.238 e. The number of ketones is 2. The Labute approximate surface area is 247 Å². The van der Waals surface area contributed by atoms with Crippen molar-refractivity contribution in [3.8, 4) is 17.2 Å². The maximum atomic E-state index is 14.9. The van der Waals surface area contributed by atoms with E-state index in [4.69, 9.17) is 14.2 Å². The van der Waals surface area contributed by atoms with Crippen LogP contribution in [0.15, 0.2) is 97.2 Å². The van der Waals surface area contributed by atoms with Gasteiger partial charge < -0.3 is 24.4 Å². The fraction of sp³-hybridized carbons (Fsp3) is 0.171. The molecule has 0 saturated carbocycles. The molecule has 212 valence electrons. The molecule has 1 amide bonds. The minimum atomic E-state index is -1.41. The quantitative estimate of drug-likeness (QED) is 0.321. The van der Waals surface area contributed by atoms with Crippen molar-refractivity contribution in [1.82, 2.24) is 4.90 Å². The van der Waals surface area contributed by atoms with Crippen LogP contribution in [-0.2, 0) is 10.2 Å². The molecule has 0 aliphatic carbocycles. The van der Waals surface area contributed by atoms with Crippen LogP contribution in [0.4, 0.5) is 5.69 Å². The first kappa shape index (κ1) is 25.3. The van der Waals surface area contributed by atoms with E-state index in [2.05, 4.69) is 5.32 Å². The summed E-state index contributed by atoms with van der Waals surface area (Å²) >= 11 is 0. The lowest BCUT2D eigenvalue weighted by Gasteiger charge is -2.38. The highest BCUT2D eigenvalue weighted by atomic mass is 16.7. The van der Waals surface area contributed by atoms with Gasteiger partial charge >= 0.3 is 0 Å². The molecule has 8 heteroatoms. The van der Waals surface area contributed by atoms with Crippen molar-refractivity contribution in [3.63, 3.8) is 0 Å². The van der Waals surface area contributed by atoms with E-state index in [0.717, 1.165) is 11.1 Å². The molecule has 4 heterocycles. The standard InChI is InChI=1S/C35H26N2O6/c1-41-23-9-6-8-21(17-23)31(38)29-30(32(39)22-13-14-27-28(18-22)43-19-42-27)37-16-15-20-7-2-3-10-24(20)33(37)35(29)25-11-4-5-12-26(25)36-34(35)40/h2-18,29-30,33H,19H2,1H3,(H,36,40)/t29-,30+,33+,35+/m0/s1. The number of methoxy groups -OCH3 is 1. The van der Waals surface area contributed by atoms with Crippen molar-refractivity contribution in [2.75, 3.05) is 19.2 Å². The van der Waals surface area contributed by atoms with E-state index in [1.54, 1.807) is 42.5 Å². The molecule has 1 fully saturated rings. The zero-order chi connectivity index (χ0) is 29.3. The summed E-state index contributed by atoms with van der Waals surface area (Å²) in [4.78, 5) is 46.2. The molecule has 1 saturated heterocycles. The molecule has 0 bridgehead atoms. The SMILES string of the molecule is COc1cccc(C(=O)[C@@H]2[C@H](C(=O)c3ccc4c(c3)OCO4)N3C=Cc4ccccc4[C@@H]3[C@]23C(=O)Nc2ccccc23)c1. The minimum Gasteiger partial charge on any atom is -0.497 e. The summed E-state index contributed by atoms with van der Waals surface area (Å²) in [5.74, 6) is -0.465. The summed E-state index contributed by atoms with van der Waals surface area (Å²) in [5, 5.41) is 3.07. The highest BCUT2D eigenvalue weighted by molar-refractivity contribution is 6.16. The van der Waals surface area contributed by atoms with E-state index in [1.165, 1.54) is 7.11 Å². The fourth-order valence-electron chi connectivity index (χ4n) is 7.34. The number of Topliss-reactive ketones (excluding diaryl/α,β-unsaturated/α-hetero) is 2. The molecule has 4 aromatic carbocycles. The molecule has 4 aromatic rings. The molecule has 0 aromatic heterocycles. The van der Waals surface area contributed by atoms with E-state index < -0.39 is 23.4 Å². The van der Waals surface area contributed by atoms with Crippen LogP contribution in [-0.4, -0.2) is 42.3 Å². The third-order valence-corrected chi connectivity index (χ3v) is 9.13. The van der Waals surface area contributed by atoms with Crippen LogP contribution in [0.3, 0.4) is 0 Å². The van der Waals surface area contributed by atoms with Crippen molar-refractivity contribution < 1.29 is 28.6 Å². The first-order valence-corrected chi connectivity index (χ1v) is 14.1. The van der Waals surface area contributed by atoms with Crippen LogP contribution >= 0.6 is 0 Å². The summed E-state index contributed by atoms with van der Waals surface area (Å²) < 4.78 is 16.5. The van der Waals surface area contributed by atoms with Gasteiger partial charge in [0.25, 0.3) is 0 Å². The smallest absolute Gasteiger partial charge is 0.238 e. The normalized spacial score (nSPS) is 23.9. The number of amides is 1. The van der Waals surface area contributed by atoms with Gasteiger partial charge in [0.1, 0.15) is 17.2 Å². The van der Waals surface area contributed by atoms with E-state index in [9.17, 15) is 14.4 Å². The number of hydrogen-bond donors (Lipinski definition) is 1. The Morgan fingerprint density at radius 1 is 0.884 bits per heavy atom. The Kier molecular flexibility index (Phi) is 5.50. The van der Waals surface area contributed by atoms with Crippen LogP contribution in [0.2, 0.25) is 0 Å². The summed E-state index contributed by atoms with van der Waals surface area (Å²) in [6.45, 7) is 0.0706. The van der Waals surface area contributed by atoms with Gasteiger partial charge in [0.15, 0.2) is 23.1 Å². The number of carbonyl (C=O) groups is 3. The molecular weight excluding hydrogens is 544 g/mol. The maximum absolute atomic E-state index is 14.9. The predicted octanol–water partition coefficient (Wildman–Crippen LogP) is 5.41. The molecule has 0 radical (unpaired) electrons. The monoisotopic (exact) mass is 570 g/mol. The second kappa shape index (κ2) is 9.32. The minimum absolute atomic E-state index is 0.0706. The second-order valence-corrected chi connectivity index (χ2v) is 11.1. The number of nitrogens with zero attached hydrogens (tertiary/aromatic N) is 1. The van der Waals surface area contributed by atoms with Crippen molar-refractivity contribution in [2.45, 2.75) is 17.5 Å². The molecule has 1 N–H and O–H groups in total. The zero-order valence-electron chi connectivity index (χ0n) is 23.2. The summed E-state index contributed by atoms with van der Waals surface area (Å²) in [5.41, 5.74) is 2.47.